The highest BCUT2D eigenvalue weighted by Gasteiger charge is 2.01. The largest absolute Gasteiger partial charge is 0.300 e. The van der Waals surface area contributed by atoms with Gasteiger partial charge in [-0.3, -0.25) is 4.79 Å². The molecule has 0 amide bonds. The molecule has 0 atom stereocenters. The summed E-state index contributed by atoms with van der Waals surface area (Å²) in [6.07, 6.45) is 16.6. The predicted octanol–water partition coefficient (Wildman–Crippen LogP) is 6.28. The second kappa shape index (κ2) is 16.0. The molecule has 0 aromatic carbocycles. The van der Waals surface area contributed by atoms with Crippen molar-refractivity contribution in [2.45, 2.75) is 96.8 Å². The maximum Gasteiger partial charge on any atom is 0.132 e. The summed E-state index contributed by atoms with van der Waals surface area (Å²) >= 11 is 5.61. The Kier molecular flexibility index (Phi) is 16.0. The molecule has 0 saturated carbocycles. The average Bonchev–Trinajstić information content (AvgIpc) is 2.41. The zero-order valence-electron chi connectivity index (χ0n) is 12.9. The summed E-state index contributed by atoms with van der Waals surface area (Å²) in [6.45, 7) is 2.25. The highest BCUT2D eigenvalue weighted by Crippen LogP contribution is 2.11. The number of rotatable bonds is 15. The van der Waals surface area contributed by atoms with Gasteiger partial charge in [0.2, 0.25) is 0 Å². The predicted molar refractivity (Wildman–Crippen MR) is 86.0 cm³/mol. The molecule has 0 aromatic rings. The summed E-state index contributed by atoms with van der Waals surface area (Å²) in [5.41, 5.74) is 0. The Hall–Kier alpha value is -0.0400. The van der Waals surface area contributed by atoms with Crippen LogP contribution in [0.4, 0.5) is 0 Å². The molecule has 0 spiro atoms. The van der Waals surface area contributed by atoms with Gasteiger partial charge in [-0.05, 0) is 19.3 Å². The smallest absolute Gasteiger partial charge is 0.132 e. The molecule has 0 aliphatic rings. The average molecular weight is 289 g/mol. The Morgan fingerprint density at radius 2 is 1.11 bits per heavy atom. The lowest BCUT2D eigenvalue weighted by Crippen LogP contribution is -1.97. The third kappa shape index (κ3) is 15.9. The summed E-state index contributed by atoms with van der Waals surface area (Å²) in [5, 5.41) is 0. The van der Waals surface area contributed by atoms with Crippen molar-refractivity contribution in [3.63, 3.8) is 0 Å². The molecule has 2 heteroatoms. The van der Waals surface area contributed by atoms with Crippen molar-refractivity contribution in [2.75, 3.05) is 5.88 Å². The van der Waals surface area contributed by atoms with E-state index in [0.717, 1.165) is 44.4 Å². The van der Waals surface area contributed by atoms with Gasteiger partial charge in [0.15, 0.2) is 0 Å². The molecule has 0 aromatic heterocycles. The minimum absolute atomic E-state index is 0.469. The molecule has 0 saturated heterocycles. The molecule has 0 N–H and O–H groups in total. The molecule has 0 heterocycles. The van der Waals surface area contributed by atoms with E-state index >= 15 is 0 Å². The van der Waals surface area contributed by atoms with Crippen LogP contribution in [-0.4, -0.2) is 11.7 Å². The summed E-state index contributed by atoms with van der Waals surface area (Å²) in [4.78, 5) is 11.6. The zero-order valence-corrected chi connectivity index (χ0v) is 13.6. The number of hydrogen-bond acceptors (Lipinski definition) is 1. The monoisotopic (exact) mass is 288 g/mol. The Bertz CT molecular complexity index is 192. The van der Waals surface area contributed by atoms with E-state index in [-0.39, 0.29) is 0 Å². The lowest BCUT2D eigenvalue weighted by Gasteiger charge is -2.02. The van der Waals surface area contributed by atoms with Gasteiger partial charge >= 0.3 is 0 Å². The molecule has 0 bridgehead atoms. The van der Waals surface area contributed by atoms with Crippen molar-refractivity contribution in [1.82, 2.24) is 0 Å². The van der Waals surface area contributed by atoms with Gasteiger partial charge in [0.1, 0.15) is 5.78 Å². The third-order valence-corrected chi connectivity index (χ3v) is 3.92. The van der Waals surface area contributed by atoms with Gasteiger partial charge in [0.05, 0.1) is 0 Å². The molecular formula is C17H33ClO. The van der Waals surface area contributed by atoms with E-state index < -0.39 is 0 Å². The summed E-state index contributed by atoms with van der Waals surface area (Å²) in [7, 11) is 0. The molecule has 114 valence electrons. The number of carbonyl (C=O) groups is 1. The van der Waals surface area contributed by atoms with E-state index in [9.17, 15) is 4.79 Å². The fourth-order valence-electron chi connectivity index (χ4n) is 2.35. The van der Waals surface area contributed by atoms with Crippen molar-refractivity contribution in [2.24, 2.45) is 0 Å². The quantitative estimate of drug-likeness (QED) is 0.256. The van der Waals surface area contributed by atoms with E-state index in [4.69, 9.17) is 11.6 Å². The van der Waals surface area contributed by atoms with Gasteiger partial charge < -0.3 is 0 Å². The van der Waals surface area contributed by atoms with Gasteiger partial charge in [-0.25, -0.2) is 0 Å². The maximum atomic E-state index is 11.6. The van der Waals surface area contributed by atoms with Crippen molar-refractivity contribution in [3.8, 4) is 0 Å². The van der Waals surface area contributed by atoms with E-state index in [1.807, 2.05) is 0 Å². The maximum absolute atomic E-state index is 11.6. The second-order valence-electron chi connectivity index (χ2n) is 5.62. The number of ketones is 1. The minimum Gasteiger partial charge on any atom is -0.300 e. The molecule has 0 aliphatic heterocycles. The molecule has 0 unspecified atom stereocenters. The third-order valence-electron chi connectivity index (χ3n) is 3.65. The molecule has 0 rings (SSSR count). The van der Waals surface area contributed by atoms with Crippen LogP contribution in [0.3, 0.4) is 0 Å². The normalized spacial score (nSPS) is 10.8. The van der Waals surface area contributed by atoms with E-state index in [0.29, 0.717) is 5.78 Å². The van der Waals surface area contributed by atoms with Crippen LogP contribution in [0, 0.1) is 0 Å². The summed E-state index contributed by atoms with van der Waals surface area (Å²) < 4.78 is 0. The molecule has 1 nitrogen and oxygen atoms in total. The topological polar surface area (TPSA) is 17.1 Å². The number of alkyl halides is 1. The summed E-state index contributed by atoms with van der Waals surface area (Å²) in [5.74, 6) is 1.23. The highest BCUT2D eigenvalue weighted by atomic mass is 35.5. The Morgan fingerprint density at radius 3 is 1.58 bits per heavy atom. The van der Waals surface area contributed by atoms with Crippen molar-refractivity contribution < 1.29 is 4.79 Å². The molecule has 19 heavy (non-hydrogen) atoms. The van der Waals surface area contributed by atoms with Crippen LogP contribution in [0.15, 0.2) is 0 Å². The number of unbranched alkanes of at least 4 members (excludes halogenated alkanes) is 10. The van der Waals surface area contributed by atoms with Crippen LogP contribution in [0.5, 0.6) is 0 Å². The van der Waals surface area contributed by atoms with Crippen LogP contribution in [0.2, 0.25) is 0 Å². The van der Waals surface area contributed by atoms with Crippen LogP contribution >= 0.6 is 11.6 Å². The number of carbonyl (C=O) groups excluding carboxylic acids is 1. The van der Waals surface area contributed by atoms with Crippen LogP contribution in [-0.2, 0) is 4.79 Å². The van der Waals surface area contributed by atoms with Gasteiger partial charge in [-0.2, -0.15) is 0 Å². The van der Waals surface area contributed by atoms with Gasteiger partial charge in [0, 0.05) is 18.7 Å². The molecule has 0 aliphatic carbocycles. The van der Waals surface area contributed by atoms with Crippen molar-refractivity contribution in [3.05, 3.63) is 0 Å². The van der Waals surface area contributed by atoms with Crippen LogP contribution in [0.25, 0.3) is 0 Å². The number of halogens is 1. The Balaban J connectivity index is 3.12. The van der Waals surface area contributed by atoms with Gasteiger partial charge in [-0.1, -0.05) is 64.7 Å². The molecule has 0 radical (unpaired) electrons. The first-order valence-electron chi connectivity index (χ1n) is 8.39. The lowest BCUT2D eigenvalue weighted by molar-refractivity contribution is -0.119. The lowest BCUT2D eigenvalue weighted by atomic mass is 10.0. The number of hydrogen-bond donors (Lipinski definition) is 0. The second-order valence-corrected chi connectivity index (χ2v) is 5.99. The van der Waals surface area contributed by atoms with E-state index in [1.165, 1.54) is 51.4 Å². The molecular weight excluding hydrogens is 256 g/mol. The first-order chi connectivity index (χ1) is 9.31. The van der Waals surface area contributed by atoms with Crippen molar-refractivity contribution in [1.29, 1.82) is 0 Å². The standard InChI is InChI=1S/C17H33ClO/c1-2-3-4-5-6-7-8-11-14-17(19)15-12-9-10-13-16-18/h2-16H2,1H3. The van der Waals surface area contributed by atoms with Crippen LogP contribution < -0.4 is 0 Å². The SMILES string of the molecule is CCCCCCCCCCC(=O)CCCCCCCl. The first kappa shape index (κ1) is 19.0. The van der Waals surface area contributed by atoms with Crippen molar-refractivity contribution >= 4 is 17.4 Å². The van der Waals surface area contributed by atoms with E-state index in [2.05, 4.69) is 6.92 Å². The Labute approximate surface area is 125 Å². The number of Topliss-reactive ketones (excluding diaryl/α,β-unsaturated/α-hetero) is 1. The minimum atomic E-state index is 0.469. The molecule has 0 fully saturated rings. The highest BCUT2D eigenvalue weighted by molar-refractivity contribution is 6.17. The Morgan fingerprint density at radius 1 is 0.684 bits per heavy atom. The fourth-order valence-corrected chi connectivity index (χ4v) is 2.54. The summed E-state index contributed by atoms with van der Waals surface area (Å²) in [6, 6.07) is 0. The van der Waals surface area contributed by atoms with Gasteiger partial charge in [0.25, 0.3) is 0 Å². The van der Waals surface area contributed by atoms with E-state index in [1.54, 1.807) is 0 Å². The van der Waals surface area contributed by atoms with Gasteiger partial charge in [-0.15, -0.1) is 11.6 Å². The fraction of sp³-hybridized carbons (Fsp3) is 0.941. The zero-order chi connectivity index (χ0) is 14.2. The van der Waals surface area contributed by atoms with Crippen LogP contribution in [0.1, 0.15) is 96.8 Å². The first-order valence-corrected chi connectivity index (χ1v) is 8.92.